The Morgan fingerprint density at radius 2 is 2.17 bits per heavy atom. The van der Waals surface area contributed by atoms with Crippen molar-refractivity contribution in [1.82, 2.24) is 5.32 Å². The van der Waals surface area contributed by atoms with Crippen molar-refractivity contribution >= 4 is 23.5 Å². The van der Waals surface area contributed by atoms with Crippen molar-refractivity contribution in [2.45, 2.75) is 6.42 Å². The number of rotatable bonds is 5. The monoisotopic (exact) mass is 328 g/mol. The summed E-state index contributed by atoms with van der Waals surface area (Å²) >= 11 is 5.98. The third-order valence-electron chi connectivity index (χ3n) is 3.36. The van der Waals surface area contributed by atoms with Crippen LogP contribution in [0, 0.1) is 0 Å². The smallest absolute Gasteiger partial charge is 0.133 e. The number of hydrogen-bond donors (Lipinski definition) is 2. The molecule has 0 spiro atoms. The van der Waals surface area contributed by atoms with Crippen LogP contribution in [0.15, 0.2) is 69.7 Å². The highest BCUT2D eigenvalue weighted by molar-refractivity contribution is 6.30. The molecule has 0 saturated carbocycles. The van der Waals surface area contributed by atoms with E-state index in [1.807, 2.05) is 42.6 Å². The number of halogens is 1. The van der Waals surface area contributed by atoms with Crippen LogP contribution in [0.3, 0.4) is 0 Å². The molecule has 118 valence electrons. The highest BCUT2D eigenvalue weighted by Gasteiger charge is 2.18. The Balaban J connectivity index is 1.97. The molecular formula is C17H17ClN4O. The van der Waals surface area contributed by atoms with Crippen molar-refractivity contribution in [3.8, 4) is 0 Å². The fourth-order valence-corrected chi connectivity index (χ4v) is 2.45. The van der Waals surface area contributed by atoms with E-state index in [0.29, 0.717) is 23.9 Å². The van der Waals surface area contributed by atoms with Crippen molar-refractivity contribution in [2.75, 3.05) is 13.2 Å². The molecule has 0 fully saturated rings. The summed E-state index contributed by atoms with van der Waals surface area (Å²) in [5.74, 6) is 0. The largest absolute Gasteiger partial charge is 0.394 e. The van der Waals surface area contributed by atoms with Crippen LogP contribution < -0.4 is 11.1 Å². The lowest BCUT2D eigenvalue weighted by Crippen LogP contribution is -2.25. The van der Waals surface area contributed by atoms with Gasteiger partial charge in [-0.3, -0.25) is 4.99 Å². The van der Waals surface area contributed by atoms with E-state index >= 15 is 0 Å². The van der Waals surface area contributed by atoms with Gasteiger partial charge in [-0.25, -0.2) is 0 Å². The molecule has 2 aliphatic rings. The second kappa shape index (κ2) is 7.26. The number of nitrogens with zero attached hydrogens (tertiary/aromatic N) is 2. The first-order valence-corrected chi connectivity index (χ1v) is 7.70. The Labute approximate surface area is 139 Å². The molecule has 0 saturated heterocycles. The van der Waals surface area contributed by atoms with Gasteiger partial charge in [-0.1, -0.05) is 28.9 Å². The number of allylic oxidation sites excluding steroid dienone is 4. The van der Waals surface area contributed by atoms with Crippen LogP contribution in [0.5, 0.6) is 0 Å². The van der Waals surface area contributed by atoms with E-state index < -0.39 is 0 Å². The summed E-state index contributed by atoms with van der Waals surface area (Å²) in [5.41, 5.74) is 10.1. The highest BCUT2D eigenvalue weighted by Crippen LogP contribution is 2.23. The zero-order valence-electron chi connectivity index (χ0n) is 12.5. The van der Waals surface area contributed by atoms with Crippen LogP contribution in [0.2, 0.25) is 5.02 Å². The van der Waals surface area contributed by atoms with E-state index in [1.165, 1.54) is 0 Å². The van der Waals surface area contributed by atoms with Gasteiger partial charge < -0.3 is 15.9 Å². The molecule has 0 unspecified atom stereocenters. The lowest BCUT2D eigenvalue weighted by atomic mass is 9.99. The topological polar surface area (TPSA) is 72.0 Å². The highest BCUT2D eigenvalue weighted by atomic mass is 35.5. The number of hydrogen-bond acceptors (Lipinski definition) is 5. The molecule has 5 nitrogen and oxygen atoms in total. The van der Waals surface area contributed by atoms with Crippen molar-refractivity contribution < 1.29 is 4.84 Å². The number of fused-ring (bicyclic) bond motifs is 2. The number of benzene rings is 1. The quantitative estimate of drug-likeness (QED) is 0.496. The van der Waals surface area contributed by atoms with Crippen molar-refractivity contribution in [2.24, 2.45) is 15.9 Å². The Kier molecular flexibility index (Phi) is 4.90. The lowest BCUT2D eigenvalue weighted by molar-refractivity contribution is 0.152. The van der Waals surface area contributed by atoms with Gasteiger partial charge in [-0.05, 0) is 29.9 Å². The van der Waals surface area contributed by atoms with Crippen LogP contribution in [0.1, 0.15) is 12.0 Å². The van der Waals surface area contributed by atoms with Crippen molar-refractivity contribution in [3.63, 3.8) is 0 Å². The van der Waals surface area contributed by atoms with E-state index in [9.17, 15) is 0 Å². The van der Waals surface area contributed by atoms with Gasteiger partial charge in [0.15, 0.2) is 0 Å². The van der Waals surface area contributed by atoms with E-state index in [1.54, 1.807) is 6.21 Å². The molecule has 0 aliphatic carbocycles. The molecule has 1 aromatic carbocycles. The van der Waals surface area contributed by atoms with Crippen LogP contribution in [0.4, 0.5) is 0 Å². The molecule has 3 rings (SSSR count). The average molecular weight is 329 g/mol. The first-order valence-electron chi connectivity index (χ1n) is 7.32. The molecule has 0 atom stereocenters. The van der Waals surface area contributed by atoms with E-state index in [2.05, 4.69) is 15.5 Å². The third-order valence-corrected chi connectivity index (χ3v) is 3.61. The van der Waals surface area contributed by atoms with Crippen molar-refractivity contribution in [1.29, 1.82) is 0 Å². The zero-order chi connectivity index (χ0) is 16.1. The minimum absolute atomic E-state index is 0.360. The summed E-state index contributed by atoms with van der Waals surface area (Å²) in [5, 5.41) is 8.30. The van der Waals surface area contributed by atoms with E-state index in [0.717, 1.165) is 29.0 Å². The van der Waals surface area contributed by atoms with Crippen molar-refractivity contribution in [3.05, 3.63) is 70.2 Å². The summed E-state index contributed by atoms with van der Waals surface area (Å²) in [7, 11) is 0. The number of nitrogens with two attached hydrogens (primary N) is 1. The Morgan fingerprint density at radius 1 is 1.35 bits per heavy atom. The van der Waals surface area contributed by atoms with Gasteiger partial charge in [0.2, 0.25) is 0 Å². The predicted molar refractivity (Wildman–Crippen MR) is 93.5 cm³/mol. The van der Waals surface area contributed by atoms with E-state index in [-0.39, 0.29) is 0 Å². The summed E-state index contributed by atoms with van der Waals surface area (Å²) in [6, 6.07) is 7.47. The van der Waals surface area contributed by atoms with Crippen LogP contribution in [-0.4, -0.2) is 25.1 Å². The first-order chi connectivity index (χ1) is 11.3. The molecule has 0 radical (unpaired) electrons. The molecule has 6 heteroatoms. The standard InChI is InChI=1S/C17H17ClN4O/c18-14-3-1-13(2-4-14)17(22-23-8-6-19)16-10-12-5-7-20-11-15(9-12)21-16/h1-5,7,10-11,21H,6,8-9,19H2/b22-17+. The maximum Gasteiger partial charge on any atom is 0.133 e. The molecular weight excluding hydrogens is 312 g/mol. The second-order valence-electron chi connectivity index (χ2n) is 5.12. The minimum Gasteiger partial charge on any atom is -0.394 e. The number of oxime groups is 1. The van der Waals surface area contributed by atoms with Gasteiger partial charge in [-0.2, -0.15) is 0 Å². The van der Waals surface area contributed by atoms with E-state index in [4.69, 9.17) is 22.2 Å². The van der Waals surface area contributed by atoms with Gasteiger partial charge in [0, 0.05) is 41.7 Å². The maximum atomic E-state index is 5.98. The predicted octanol–water partition coefficient (Wildman–Crippen LogP) is 2.75. The van der Waals surface area contributed by atoms with Crippen LogP contribution >= 0.6 is 11.6 Å². The molecule has 2 heterocycles. The Morgan fingerprint density at radius 3 is 2.96 bits per heavy atom. The van der Waals surface area contributed by atoms with Gasteiger partial charge in [-0.15, -0.1) is 0 Å². The van der Waals surface area contributed by atoms with Crippen LogP contribution in [0.25, 0.3) is 0 Å². The summed E-state index contributed by atoms with van der Waals surface area (Å²) in [6.45, 7) is 0.771. The average Bonchev–Trinajstić information content (AvgIpc) is 2.73. The molecule has 2 aliphatic heterocycles. The molecule has 0 aromatic heterocycles. The molecule has 1 aromatic rings. The van der Waals surface area contributed by atoms with Gasteiger partial charge in [0.05, 0.1) is 5.70 Å². The fraction of sp³-hybridized carbons (Fsp3) is 0.176. The van der Waals surface area contributed by atoms with Gasteiger partial charge in [0.25, 0.3) is 0 Å². The normalized spacial score (nSPS) is 16.8. The summed E-state index contributed by atoms with van der Waals surface area (Å²) < 4.78 is 0. The lowest BCUT2D eigenvalue weighted by Gasteiger charge is -2.21. The molecule has 2 bridgehead atoms. The summed E-state index contributed by atoms with van der Waals surface area (Å²) in [6.07, 6.45) is 8.46. The minimum atomic E-state index is 0.360. The zero-order valence-corrected chi connectivity index (χ0v) is 13.3. The Hall–Kier alpha value is -2.37. The fourth-order valence-electron chi connectivity index (χ4n) is 2.32. The molecule has 3 N–H and O–H groups in total. The summed E-state index contributed by atoms with van der Waals surface area (Å²) in [4.78, 5) is 9.52. The second-order valence-corrected chi connectivity index (χ2v) is 5.56. The van der Waals surface area contributed by atoms with Gasteiger partial charge in [0.1, 0.15) is 12.3 Å². The van der Waals surface area contributed by atoms with Gasteiger partial charge >= 0.3 is 0 Å². The maximum absolute atomic E-state index is 5.98. The first kappa shape index (κ1) is 15.5. The molecule has 23 heavy (non-hydrogen) atoms. The molecule has 0 amide bonds. The van der Waals surface area contributed by atoms with Crippen LogP contribution in [-0.2, 0) is 4.84 Å². The third kappa shape index (κ3) is 3.88. The Bertz CT molecular complexity index is 729. The SMILES string of the molecule is NCCO/N=C(/C1=CC2=CC=NC=C(C2)N1)c1ccc(Cl)cc1. The number of nitrogens with one attached hydrogen (secondary N) is 1. The number of aliphatic imine (C=N–C) groups is 1.